The fourth-order valence-electron chi connectivity index (χ4n) is 5.10. The lowest BCUT2D eigenvalue weighted by molar-refractivity contribution is 0.0659. The van der Waals surface area contributed by atoms with Gasteiger partial charge in [0.2, 0.25) is 0 Å². The lowest BCUT2D eigenvalue weighted by Crippen LogP contribution is -2.36. The molecular weight excluding hydrogens is 480 g/mol. The Morgan fingerprint density at radius 2 is 1.95 bits per heavy atom. The Balaban J connectivity index is 1.41. The van der Waals surface area contributed by atoms with Crippen molar-refractivity contribution in [2.75, 3.05) is 32.6 Å². The summed E-state index contributed by atoms with van der Waals surface area (Å²) in [6.07, 6.45) is -1.52. The van der Waals surface area contributed by atoms with Crippen LogP contribution in [0.1, 0.15) is 46.4 Å². The van der Waals surface area contributed by atoms with Gasteiger partial charge in [0.1, 0.15) is 11.9 Å². The van der Waals surface area contributed by atoms with Gasteiger partial charge in [0.25, 0.3) is 12.3 Å². The van der Waals surface area contributed by atoms with Gasteiger partial charge in [-0.1, -0.05) is 12.1 Å². The highest BCUT2D eigenvalue weighted by molar-refractivity contribution is 5.95. The van der Waals surface area contributed by atoms with Gasteiger partial charge >= 0.3 is 0 Å². The molecule has 37 heavy (non-hydrogen) atoms. The third kappa shape index (κ3) is 4.98. The fraction of sp³-hybridized carbons (Fsp3) is 0.407. The van der Waals surface area contributed by atoms with Gasteiger partial charge in [-0.2, -0.15) is 5.10 Å². The van der Waals surface area contributed by atoms with E-state index in [-0.39, 0.29) is 24.4 Å². The molecule has 5 rings (SSSR count). The number of alkyl halides is 2. The molecule has 196 valence electrons. The van der Waals surface area contributed by atoms with Crippen LogP contribution in [0.4, 0.5) is 14.6 Å². The molecule has 2 aromatic carbocycles. The summed E-state index contributed by atoms with van der Waals surface area (Å²) in [6.45, 7) is 3.56. The maximum atomic E-state index is 14.2. The molecule has 3 heterocycles. The Labute approximate surface area is 214 Å². The van der Waals surface area contributed by atoms with Crippen molar-refractivity contribution >= 4 is 11.7 Å². The second-order valence-electron chi connectivity index (χ2n) is 9.50. The zero-order valence-electron chi connectivity index (χ0n) is 21.1. The minimum Gasteiger partial charge on any atom is -0.493 e. The first-order chi connectivity index (χ1) is 17.9. The van der Waals surface area contributed by atoms with Crippen LogP contribution in [0.3, 0.4) is 0 Å². The zero-order valence-corrected chi connectivity index (χ0v) is 21.1. The predicted molar refractivity (Wildman–Crippen MR) is 137 cm³/mol. The van der Waals surface area contributed by atoms with Gasteiger partial charge < -0.3 is 25.4 Å². The number of methoxy groups -OCH3 is 2. The number of rotatable bonds is 7. The van der Waals surface area contributed by atoms with Crippen molar-refractivity contribution in [3.63, 3.8) is 0 Å². The summed E-state index contributed by atoms with van der Waals surface area (Å²) in [6, 6.07) is 11.3. The molecule has 0 aliphatic carbocycles. The maximum Gasteiger partial charge on any atom is 0.260 e. The highest BCUT2D eigenvalue weighted by atomic mass is 19.3. The summed E-state index contributed by atoms with van der Waals surface area (Å²) in [5, 5.41) is 14.2. The topological polar surface area (TPSA) is 89.4 Å². The van der Waals surface area contributed by atoms with Crippen LogP contribution in [-0.4, -0.2) is 55.5 Å². The van der Waals surface area contributed by atoms with E-state index in [4.69, 9.17) is 9.47 Å². The standard InChI is InChI=1S/C27H31F2N5O3/c1-15-10-17(27(35)31-18-8-9-30-14-18)4-6-19(15)21-13-25-32-20(12-22(26(28)29)34(25)33-21)16-5-7-23(36-2)24(11-16)37-3/h4-7,10-11,13,18,20,22,26,30,32H,8-9,12,14H2,1-3H3,(H,31,35). The molecular formula is C27H31F2N5O3. The number of halogens is 2. The summed E-state index contributed by atoms with van der Waals surface area (Å²) < 4.78 is 40.4. The Hall–Kier alpha value is -3.66. The van der Waals surface area contributed by atoms with Crippen molar-refractivity contribution in [2.45, 2.75) is 44.3 Å². The van der Waals surface area contributed by atoms with E-state index in [9.17, 15) is 13.6 Å². The number of hydrogen-bond donors (Lipinski definition) is 3. The van der Waals surface area contributed by atoms with E-state index < -0.39 is 12.5 Å². The van der Waals surface area contributed by atoms with Crippen molar-refractivity contribution in [1.29, 1.82) is 0 Å². The first kappa shape index (κ1) is 25.0. The molecule has 1 aromatic heterocycles. The monoisotopic (exact) mass is 511 g/mol. The molecule has 8 nitrogen and oxygen atoms in total. The lowest BCUT2D eigenvalue weighted by Gasteiger charge is -2.32. The van der Waals surface area contributed by atoms with E-state index >= 15 is 0 Å². The van der Waals surface area contributed by atoms with Crippen LogP contribution in [0.25, 0.3) is 11.3 Å². The molecule has 2 aliphatic heterocycles. The number of fused-ring (bicyclic) bond motifs is 1. The number of hydrogen-bond acceptors (Lipinski definition) is 6. The van der Waals surface area contributed by atoms with E-state index in [0.717, 1.165) is 36.2 Å². The molecule has 3 atom stereocenters. The Morgan fingerprint density at radius 1 is 1.14 bits per heavy atom. The van der Waals surface area contributed by atoms with Gasteiger partial charge in [-0.05, 0) is 61.7 Å². The Bertz CT molecular complexity index is 1290. The molecule has 2 aliphatic rings. The predicted octanol–water partition coefficient (Wildman–Crippen LogP) is 4.33. The van der Waals surface area contributed by atoms with Crippen LogP contribution in [0.15, 0.2) is 42.5 Å². The summed E-state index contributed by atoms with van der Waals surface area (Å²) in [5.74, 6) is 1.51. The molecule has 0 spiro atoms. The second kappa shape index (κ2) is 10.4. The average Bonchev–Trinajstić information content (AvgIpc) is 3.57. The van der Waals surface area contributed by atoms with E-state index in [1.807, 2.05) is 31.2 Å². The van der Waals surface area contributed by atoms with Crippen molar-refractivity contribution in [3.8, 4) is 22.8 Å². The van der Waals surface area contributed by atoms with Gasteiger partial charge in [0.15, 0.2) is 11.5 Å². The van der Waals surface area contributed by atoms with Crippen LogP contribution in [0, 0.1) is 6.92 Å². The van der Waals surface area contributed by atoms with Crippen LogP contribution < -0.4 is 25.4 Å². The van der Waals surface area contributed by atoms with Crippen molar-refractivity contribution in [1.82, 2.24) is 20.4 Å². The molecule has 0 saturated carbocycles. The molecule has 3 unspecified atom stereocenters. The maximum absolute atomic E-state index is 14.2. The average molecular weight is 512 g/mol. The highest BCUT2D eigenvalue weighted by Gasteiger charge is 2.35. The van der Waals surface area contributed by atoms with Crippen LogP contribution >= 0.6 is 0 Å². The largest absolute Gasteiger partial charge is 0.493 e. The van der Waals surface area contributed by atoms with Crippen LogP contribution in [0.5, 0.6) is 11.5 Å². The normalized spacial score (nSPS) is 20.9. The quantitative estimate of drug-likeness (QED) is 0.438. The van der Waals surface area contributed by atoms with E-state index in [0.29, 0.717) is 28.6 Å². The molecule has 1 saturated heterocycles. The summed E-state index contributed by atoms with van der Waals surface area (Å²) >= 11 is 0. The van der Waals surface area contributed by atoms with Crippen LogP contribution in [-0.2, 0) is 0 Å². The van der Waals surface area contributed by atoms with Crippen molar-refractivity contribution < 1.29 is 23.0 Å². The number of carbonyl (C=O) groups is 1. The number of aryl methyl sites for hydroxylation is 1. The molecule has 0 bridgehead atoms. The van der Waals surface area contributed by atoms with Crippen molar-refractivity contribution in [3.05, 3.63) is 59.2 Å². The van der Waals surface area contributed by atoms with E-state index in [2.05, 4.69) is 21.0 Å². The van der Waals surface area contributed by atoms with Gasteiger partial charge in [0, 0.05) is 29.8 Å². The molecule has 3 N–H and O–H groups in total. The minimum atomic E-state index is -2.59. The van der Waals surface area contributed by atoms with E-state index in [1.54, 1.807) is 32.4 Å². The Morgan fingerprint density at radius 3 is 2.62 bits per heavy atom. The lowest BCUT2D eigenvalue weighted by atomic mass is 9.97. The summed E-state index contributed by atoms with van der Waals surface area (Å²) in [5.41, 5.74) is 3.59. The van der Waals surface area contributed by atoms with E-state index in [1.165, 1.54) is 4.68 Å². The molecule has 1 amide bonds. The third-order valence-electron chi connectivity index (χ3n) is 7.11. The number of ether oxygens (including phenoxy) is 2. The fourth-order valence-corrected chi connectivity index (χ4v) is 5.10. The number of anilines is 1. The second-order valence-corrected chi connectivity index (χ2v) is 9.50. The SMILES string of the molecule is COc1ccc(C2CC(C(F)F)n3nc(-c4ccc(C(=O)NC5CCNC5)cc4C)cc3N2)cc1OC. The Kier molecular flexibility index (Phi) is 7.01. The van der Waals surface area contributed by atoms with Gasteiger partial charge in [-0.15, -0.1) is 0 Å². The summed E-state index contributed by atoms with van der Waals surface area (Å²) in [4.78, 5) is 12.7. The van der Waals surface area contributed by atoms with Gasteiger partial charge in [-0.25, -0.2) is 13.5 Å². The smallest absolute Gasteiger partial charge is 0.260 e. The third-order valence-corrected chi connectivity index (χ3v) is 7.11. The number of carbonyl (C=O) groups excluding carboxylic acids is 1. The first-order valence-electron chi connectivity index (χ1n) is 12.4. The number of benzene rings is 2. The van der Waals surface area contributed by atoms with Crippen molar-refractivity contribution in [2.24, 2.45) is 0 Å². The number of aromatic nitrogens is 2. The van der Waals surface area contributed by atoms with Crippen LogP contribution in [0.2, 0.25) is 0 Å². The zero-order chi connectivity index (χ0) is 26.1. The number of nitrogens with one attached hydrogen (secondary N) is 3. The molecule has 0 radical (unpaired) electrons. The van der Waals surface area contributed by atoms with Gasteiger partial charge in [0.05, 0.1) is 26.0 Å². The summed E-state index contributed by atoms with van der Waals surface area (Å²) in [7, 11) is 3.10. The molecule has 1 fully saturated rings. The molecule has 3 aromatic rings. The highest BCUT2D eigenvalue weighted by Crippen LogP contribution is 2.41. The number of amides is 1. The first-order valence-corrected chi connectivity index (χ1v) is 12.4. The molecule has 10 heteroatoms. The number of nitrogens with zero attached hydrogens (tertiary/aromatic N) is 2. The minimum absolute atomic E-state index is 0.121. The van der Waals surface area contributed by atoms with Gasteiger partial charge in [-0.3, -0.25) is 4.79 Å².